The molecule has 0 spiro atoms. The van der Waals surface area contributed by atoms with Gasteiger partial charge < -0.3 is 9.84 Å². The Hall–Kier alpha value is -1.42. The highest BCUT2D eigenvalue weighted by atomic mass is 16.5. The molecule has 4 nitrogen and oxygen atoms in total. The van der Waals surface area contributed by atoms with E-state index in [-0.39, 0.29) is 28.6 Å². The minimum Gasteiger partial charge on any atom is -0.466 e. The summed E-state index contributed by atoms with van der Waals surface area (Å²) < 4.78 is 4.89. The van der Waals surface area contributed by atoms with Gasteiger partial charge in [-0.3, -0.25) is 4.79 Å². The largest absolute Gasteiger partial charge is 0.466 e. The molecule has 1 N–H and O–H groups in total. The topological polar surface area (TPSA) is 63.6 Å². The molecule has 0 aliphatic heterocycles. The highest BCUT2D eigenvalue weighted by Gasteiger charge is 2.60. The second-order valence-corrected chi connectivity index (χ2v) is 8.87. The van der Waals surface area contributed by atoms with Crippen LogP contribution in [0.15, 0.2) is 23.8 Å². The number of allylic oxidation sites excluding steroid dienone is 2. The first-order chi connectivity index (χ1) is 11.7. The lowest BCUT2D eigenvalue weighted by Gasteiger charge is -2.61. The summed E-state index contributed by atoms with van der Waals surface area (Å²) in [4.78, 5) is 23.9. The van der Waals surface area contributed by atoms with Crippen LogP contribution < -0.4 is 0 Å². The van der Waals surface area contributed by atoms with E-state index >= 15 is 0 Å². The Labute approximate surface area is 150 Å². The van der Waals surface area contributed by atoms with E-state index in [1.165, 1.54) is 7.11 Å². The third-order valence-electron chi connectivity index (χ3n) is 7.51. The number of carbonyl (C=O) groups excluding carboxylic acids is 2. The van der Waals surface area contributed by atoms with Gasteiger partial charge in [-0.05, 0) is 67.6 Å². The van der Waals surface area contributed by atoms with Crippen LogP contribution in [-0.2, 0) is 14.3 Å². The zero-order valence-corrected chi connectivity index (χ0v) is 15.6. The lowest BCUT2D eigenvalue weighted by atomic mass is 9.45. The van der Waals surface area contributed by atoms with E-state index in [1.54, 1.807) is 0 Å². The first-order valence-electron chi connectivity index (χ1n) is 9.35. The van der Waals surface area contributed by atoms with Gasteiger partial charge >= 0.3 is 5.97 Å². The normalized spacial score (nSPS) is 43.7. The van der Waals surface area contributed by atoms with Crippen molar-refractivity contribution >= 4 is 12.3 Å². The Morgan fingerprint density at radius 1 is 1.28 bits per heavy atom. The second kappa shape index (κ2) is 6.08. The second-order valence-electron chi connectivity index (χ2n) is 8.87. The van der Waals surface area contributed by atoms with Crippen LogP contribution in [0, 0.1) is 22.7 Å². The standard InChI is InChI=1S/C21H30O4/c1-5-19(2)9-8-17-20(3)10-6-14(18(23)25-4)15(12-22)16(20)7-11-21(17,24)13-19/h5,12,16-17,24H,1,6-11,13H2,2-4H3/t16-,17+,19+,20+,21-/m1/s1. The maximum Gasteiger partial charge on any atom is 0.334 e. The molecule has 0 aromatic rings. The fourth-order valence-corrected chi connectivity index (χ4v) is 6.11. The molecule has 5 atom stereocenters. The Bertz CT molecular complexity index is 636. The minimum absolute atomic E-state index is 0.0242. The maximum absolute atomic E-state index is 12.1. The van der Waals surface area contributed by atoms with Gasteiger partial charge in [0.25, 0.3) is 0 Å². The van der Waals surface area contributed by atoms with Crippen molar-refractivity contribution in [2.24, 2.45) is 22.7 Å². The van der Waals surface area contributed by atoms with Gasteiger partial charge in [0.05, 0.1) is 12.7 Å². The number of fused-ring (bicyclic) bond motifs is 3. The number of carbonyl (C=O) groups is 2. The molecular formula is C21H30O4. The first-order valence-corrected chi connectivity index (χ1v) is 9.35. The molecule has 3 aliphatic carbocycles. The number of hydrogen-bond donors (Lipinski definition) is 1. The van der Waals surface area contributed by atoms with E-state index in [2.05, 4.69) is 20.4 Å². The number of aldehydes is 1. The minimum atomic E-state index is -0.705. The van der Waals surface area contributed by atoms with Gasteiger partial charge in [0.2, 0.25) is 0 Å². The number of ether oxygens (including phenoxy) is 1. The van der Waals surface area contributed by atoms with E-state index in [1.807, 2.05) is 6.08 Å². The Kier molecular flexibility index (Phi) is 4.47. The summed E-state index contributed by atoms with van der Waals surface area (Å²) in [6, 6.07) is 0. The molecule has 0 heterocycles. The monoisotopic (exact) mass is 346 g/mol. The third-order valence-corrected chi connectivity index (χ3v) is 7.51. The average molecular weight is 346 g/mol. The third kappa shape index (κ3) is 2.69. The molecule has 3 aliphatic rings. The summed E-state index contributed by atoms with van der Waals surface area (Å²) in [5.41, 5.74) is 0.271. The molecule has 138 valence electrons. The van der Waals surface area contributed by atoms with E-state index in [4.69, 9.17) is 4.74 Å². The van der Waals surface area contributed by atoms with Crippen LogP contribution in [0.25, 0.3) is 0 Å². The highest BCUT2D eigenvalue weighted by Crippen LogP contribution is 2.63. The first kappa shape index (κ1) is 18.4. The van der Waals surface area contributed by atoms with Gasteiger partial charge in [0.1, 0.15) is 6.29 Å². The fraction of sp³-hybridized carbons (Fsp3) is 0.714. The summed E-state index contributed by atoms with van der Waals surface area (Å²) in [5.74, 6) is -0.194. The quantitative estimate of drug-likeness (QED) is 0.482. The molecule has 0 radical (unpaired) electrons. The SMILES string of the molecule is C=C[C@@]1(C)CC[C@@H]2[C@@](O)(CC[C@@H]3C(C=O)=C(C(=O)OC)CC[C@@]32C)C1. The Morgan fingerprint density at radius 2 is 2.00 bits per heavy atom. The molecule has 0 aromatic carbocycles. The molecule has 0 amide bonds. The van der Waals surface area contributed by atoms with Crippen molar-refractivity contribution in [3.8, 4) is 0 Å². The van der Waals surface area contributed by atoms with Gasteiger partial charge in [-0.15, -0.1) is 6.58 Å². The van der Waals surface area contributed by atoms with E-state index in [0.717, 1.165) is 38.4 Å². The van der Waals surface area contributed by atoms with Crippen LogP contribution in [-0.4, -0.2) is 30.1 Å². The zero-order chi connectivity index (χ0) is 18.5. The summed E-state index contributed by atoms with van der Waals surface area (Å²) in [7, 11) is 1.36. The van der Waals surface area contributed by atoms with Crippen LogP contribution >= 0.6 is 0 Å². The van der Waals surface area contributed by atoms with Gasteiger partial charge in [0.15, 0.2) is 0 Å². The fourth-order valence-electron chi connectivity index (χ4n) is 6.11. The maximum atomic E-state index is 12.1. The Balaban J connectivity index is 1.99. The molecule has 25 heavy (non-hydrogen) atoms. The molecule has 2 fully saturated rings. The highest BCUT2D eigenvalue weighted by molar-refractivity contribution is 5.96. The van der Waals surface area contributed by atoms with Gasteiger partial charge in [-0.1, -0.05) is 19.9 Å². The van der Waals surface area contributed by atoms with Gasteiger partial charge in [0, 0.05) is 11.1 Å². The lowest BCUT2D eigenvalue weighted by molar-refractivity contribution is -0.172. The molecule has 2 saturated carbocycles. The number of hydrogen-bond acceptors (Lipinski definition) is 4. The lowest BCUT2D eigenvalue weighted by Crippen LogP contribution is -2.59. The number of rotatable bonds is 3. The van der Waals surface area contributed by atoms with Crippen molar-refractivity contribution in [2.75, 3.05) is 7.11 Å². The average Bonchev–Trinajstić information content (AvgIpc) is 2.58. The van der Waals surface area contributed by atoms with Crippen molar-refractivity contribution in [1.82, 2.24) is 0 Å². The summed E-state index contributed by atoms with van der Waals surface area (Å²) >= 11 is 0. The predicted molar refractivity (Wildman–Crippen MR) is 95.8 cm³/mol. The zero-order valence-electron chi connectivity index (χ0n) is 15.6. The summed E-state index contributed by atoms with van der Waals surface area (Å²) in [6.45, 7) is 8.36. The molecule has 3 rings (SSSR count). The van der Waals surface area contributed by atoms with Crippen molar-refractivity contribution in [3.63, 3.8) is 0 Å². The van der Waals surface area contributed by atoms with E-state index in [0.29, 0.717) is 24.0 Å². The van der Waals surface area contributed by atoms with Gasteiger partial charge in [-0.25, -0.2) is 4.79 Å². The molecule has 0 saturated heterocycles. The van der Waals surface area contributed by atoms with E-state index in [9.17, 15) is 14.7 Å². The van der Waals surface area contributed by atoms with Crippen LogP contribution in [0.2, 0.25) is 0 Å². The molecular weight excluding hydrogens is 316 g/mol. The molecule has 0 unspecified atom stereocenters. The van der Waals surface area contributed by atoms with Crippen molar-refractivity contribution in [2.45, 2.75) is 64.4 Å². The van der Waals surface area contributed by atoms with Crippen LogP contribution in [0.3, 0.4) is 0 Å². The Morgan fingerprint density at radius 3 is 2.60 bits per heavy atom. The molecule has 4 heteroatoms. The predicted octanol–water partition coefficient (Wildman–Crippen LogP) is 3.59. The molecule has 0 bridgehead atoms. The number of esters is 1. The van der Waals surface area contributed by atoms with E-state index < -0.39 is 5.60 Å². The van der Waals surface area contributed by atoms with Gasteiger partial charge in [-0.2, -0.15) is 0 Å². The number of aliphatic hydroxyl groups is 1. The van der Waals surface area contributed by atoms with Crippen molar-refractivity contribution in [1.29, 1.82) is 0 Å². The van der Waals surface area contributed by atoms with Crippen LogP contribution in [0.4, 0.5) is 0 Å². The van der Waals surface area contributed by atoms with Crippen molar-refractivity contribution in [3.05, 3.63) is 23.8 Å². The number of methoxy groups -OCH3 is 1. The smallest absolute Gasteiger partial charge is 0.334 e. The molecule has 0 aromatic heterocycles. The van der Waals surface area contributed by atoms with Crippen LogP contribution in [0.1, 0.15) is 58.8 Å². The summed E-state index contributed by atoms with van der Waals surface area (Å²) in [6.07, 6.45) is 8.31. The van der Waals surface area contributed by atoms with Crippen molar-refractivity contribution < 1.29 is 19.4 Å². The summed E-state index contributed by atoms with van der Waals surface area (Å²) in [5, 5.41) is 11.5. The van der Waals surface area contributed by atoms with Crippen LogP contribution in [0.5, 0.6) is 0 Å².